The summed E-state index contributed by atoms with van der Waals surface area (Å²) in [6.07, 6.45) is 84.1. The first-order valence-corrected chi connectivity index (χ1v) is 31.7. The molecule has 75 heavy (non-hydrogen) atoms. The van der Waals surface area contributed by atoms with Gasteiger partial charge >= 0.3 is 17.9 Å². The fourth-order valence-electron chi connectivity index (χ4n) is 8.75. The molecule has 0 saturated carbocycles. The summed E-state index contributed by atoms with van der Waals surface area (Å²) in [5.74, 6) is -0.989. The first kappa shape index (κ1) is 71.3. The Bertz CT molecular complexity index is 1480. The van der Waals surface area contributed by atoms with E-state index in [2.05, 4.69) is 112 Å². The summed E-state index contributed by atoms with van der Waals surface area (Å²) in [5.41, 5.74) is 0. The average molecular weight is 1040 g/mol. The second-order valence-corrected chi connectivity index (χ2v) is 21.0. The van der Waals surface area contributed by atoms with Gasteiger partial charge in [0.15, 0.2) is 6.10 Å². The van der Waals surface area contributed by atoms with Gasteiger partial charge in [-0.2, -0.15) is 0 Å². The van der Waals surface area contributed by atoms with E-state index in [1.54, 1.807) is 0 Å². The minimum Gasteiger partial charge on any atom is -0.462 e. The predicted molar refractivity (Wildman–Crippen MR) is 325 cm³/mol. The van der Waals surface area contributed by atoms with E-state index >= 15 is 0 Å². The Kier molecular flexibility index (Phi) is 59.8. The molecule has 0 amide bonds. The van der Waals surface area contributed by atoms with E-state index in [0.717, 1.165) is 77.0 Å². The minimum atomic E-state index is -0.813. The summed E-state index contributed by atoms with van der Waals surface area (Å²) < 4.78 is 16.9. The van der Waals surface area contributed by atoms with Gasteiger partial charge in [-0.1, -0.05) is 266 Å². The minimum absolute atomic E-state index is 0.104. The highest BCUT2D eigenvalue weighted by atomic mass is 16.6. The zero-order valence-corrected chi connectivity index (χ0v) is 49.3. The Morgan fingerprint density at radius 3 is 0.867 bits per heavy atom. The van der Waals surface area contributed by atoms with Crippen molar-refractivity contribution in [3.63, 3.8) is 0 Å². The normalized spacial score (nSPS) is 12.7. The summed E-state index contributed by atoms with van der Waals surface area (Å²) in [6, 6.07) is 0. The number of allylic oxidation sites excluding steroid dienone is 16. The van der Waals surface area contributed by atoms with Crippen LogP contribution in [0.1, 0.15) is 303 Å². The molecular formula is C69H118O6. The van der Waals surface area contributed by atoms with Crippen molar-refractivity contribution in [1.82, 2.24) is 0 Å². The number of carbonyl (C=O) groups is 3. The van der Waals surface area contributed by atoms with Crippen LogP contribution in [0.5, 0.6) is 0 Å². The van der Waals surface area contributed by atoms with E-state index in [1.165, 1.54) is 180 Å². The molecule has 0 heterocycles. The molecule has 0 fully saturated rings. The maximum absolute atomic E-state index is 12.9. The molecule has 0 aliphatic carbocycles. The zero-order valence-electron chi connectivity index (χ0n) is 49.3. The second kappa shape index (κ2) is 62.9. The first-order valence-electron chi connectivity index (χ1n) is 31.7. The monoisotopic (exact) mass is 1040 g/mol. The summed E-state index contributed by atoms with van der Waals surface area (Å²) >= 11 is 0. The van der Waals surface area contributed by atoms with Crippen LogP contribution in [0.4, 0.5) is 0 Å². The number of carbonyl (C=O) groups excluding carboxylic acids is 3. The van der Waals surface area contributed by atoms with E-state index in [0.29, 0.717) is 19.3 Å². The van der Waals surface area contributed by atoms with Crippen molar-refractivity contribution < 1.29 is 28.6 Å². The molecule has 0 N–H and O–H groups in total. The summed E-state index contributed by atoms with van der Waals surface area (Å²) in [5, 5.41) is 0. The van der Waals surface area contributed by atoms with Crippen molar-refractivity contribution in [1.29, 1.82) is 0 Å². The van der Waals surface area contributed by atoms with Crippen LogP contribution >= 0.6 is 0 Å². The number of hydrogen-bond acceptors (Lipinski definition) is 6. The van der Waals surface area contributed by atoms with Crippen LogP contribution in [0.25, 0.3) is 0 Å². The van der Waals surface area contributed by atoms with E-state index in [1.807, 2.05) is 6.08 Å². The van der Waals surface area contributed by atoms with Gasteiger partial charge in [0, 0.05) is 19.3 Å². The molecule has 0 spiro atoms. The highest BCUT2D eigenvalue weighted by Crippen LogP contribution is 2.16. The number of hydrogen-bond donors (Lipinski definition) is 0. The molecule has 0 aliphatic heterocycles. The van der Waals surface area contributed by atoms with Gasteiger partial charge in [-0.15, -0.1) is 0 Å². The van der Waals surface area contributed by atoms with E-state index < -0.39 is 6.10 Å². The molecule has 0 aromatic carbocycles. The van der Waals surface area contributed by atoms with Crippen molar-refractivity contribution in [3.05, 3.63) is 97.2 Å². The SMILES string of the molecule is CCCCC/C=C\C/C=C\C/C=C\C/C=C\C/C=C\CCC(=O)OC[C@H](COC(=O)CCCCCCCCC/C=C\C/C=C\CCCCC)OC(=O)CCCCCCCCCCCCC/C=C\CCCCCCCC. The van der Waals surface area contributed by atoms with E-state index in [4.69, 9.17) is 14.2 Å². The maximum atomic E-state index is 12.9. The smallest absolute Gasteiger partial charge is 0.306 e. The molecule has 430 valence electrons. The Balaban J connectivity index is 4.48. The van der Waals surface area contributed by atoms with Gasteiger partial charge in [0.05, 0.1) is 0 Å². The lowest BCUT2D eigenvalue weighted by Gasteiger charge is -2.18. The van der Waals surface area contributed by atoms with Crippen LogP contribution < -0.4 is 0 Å². The third-order valence-electron chi connectivity index (χ3n) is 13.5. The Morgan fingerprint density at radius 1 is 0.267 bits per heavy atom. The van der Waals surface area contributed by atoms with Crippen LogP contribution in [0.3, 0.4) is 0 Å². The van der Waals surface area contributed by atoms with E-state index in [9.17, 15) is 14.4 Å². The van der Waals surface area contributed by atoms with Gasteiger partial charge < -0.3 is 14.2 Å². The number of ether oxygens (including phenoxy) is 3. The van der Waals surface area contributed by atoms with Gasteiger partial charge in [-0.05, 0) is 116 Å². The van der Waals surface area contributed by atoms with Crippen LogP contribution in [-0.4, -0.2) is 37.2 Å². The molecule has 0 rings (SSSR count). The van der Waals surface area contributed by atoms with Crippen LogP contribution in [0.2, 0.25) is 0 Å². The lowest BCUT2D eigenvalue weighted by atomic mass is 10.0. The lowest BCUT2D eigenvalue weighted by molar-refractivity contribution is -0.166. The second-order valence-electron chi connectivity index (χ2n) is 21.0. The summed E-state index contributed by atoms with van der Waals surface area (Å²) in [4.78, 5) is 38.3. The highest BCUT2D eigenvalue weighted by molar-refractivity contribution is 5.71. The largest absolute Gasteiger partial charge is 0.462 e. The molecule has 0 radical (unpaired) electrons. The zero-order chi connectivity index (χ0) is 54.3. The van der Waals surface area contributed by atoms with Gasteiger partial charge in [-0.25, -0.2) is 0 Å². The standard InChI is InChI=1S/C69H118O6/c1-4-7-10-13-16-19-22-25-28-31-33-34-36-39-42-45-48-51-54-57-60-63-69(72)75-66(64-73-67(70)61-58-55-52-49-46-43-40-37-30-27-24-21-18-15-12-9-6-3)65-74-68(71)62-59-56-53-50-47-44-41-38-35-32-29-26-23-20-17-14-11-8-5-2/h17-18,20-21,25-30,35,38,44,47,53,56,66H,4-16,19,22-24,31-34,36-37,39-43,45-46,48-52,54-55,57-65H2,1-3H3/b20-17-,21-18-,28-25-,29-26-,30-27-,38-35-,47-44-,56-53-/t66-/m0/s1. The first-order chi connectivity index (χ1) is 37.0. The summed E-state index contributed by atoms with van der Waals surface area (Å²) in [7, 11) is 0. The van der Waals surface area contributed by atoms with Crippen molar-refractivity contribution >= 4 is 17.9 Å². The molecule has 6 heteroatoms. The highest BCUT2D eigenvalue weighted by Gasteiger charge is 2.19. The van der Waals surface area contributed by atoms with Crippen molar-refractivity contribution in [2.75, 3.05) is 13.2 Å². The van der Waals surface area contributed by atoms with Gasteiger partial charge in [0.1, 0.15) is 13.2 Å². The fourth-order valence-corrected chi connectivity index (χ4v) is 8.75. The lowest BCUT2D eigenvalue weighted by Crippen LogP contribution is -2.30. The number of rotatable bonds is 57. The molecule has 0 aromatic rings. The Morgan fingerprint density at radius 2 is 0.507 bits per heavy atom. The van der Waals surface area contributed by atoms with Crippen molar-refractivity contribution in [2.24, 2.45) is 0 Å². The maximum Gasteiger partial charge on any atom is 0.306 e. The topological polar surface area (TPSA) is 78.9 Å². The molecule has 0 unspecified atom stereocenters. The Hall–Kier alpha value is -3.67. The third kappa shape index (κ3) is 61.1. The van der Waals surface area contributed by atoms with E-state index in [-0.39, 0.29) is 37.5 Å². The molecule has 6 nitrogen and oxygen atoms in total. The third-order valence-corrected chi connectivity index (χ3v) is 13.5. The molecule has 0 bridgehead atoms. The average Bonchev–Trinajstić information content (AvgIpc) is 3.41. The summed E-state index contributed by atoms with van der Waals surface area (Å²) in [6.45, 7) is 6.54. The van der Waals surface area contributed by atoms with Crippen LogP contribution in [-0.2, 0) is 28.6 Å². The molecular weight excluding hydrogens is 925 g/mol. The number of unbranched alkanes of at least 4 members (excludes halogenated alkanes) is 30. The number of esters is 3. The van der Waals surface area contributed by atoms with Crippen molar-refractivity contribution in [2.45, 2.75) is 309 Å². The predicted octanol–water partition coefficient (Wildman–Crippen LogP) is 21.7. The van der Waals surface area contributed by atoms with Gasteiger partial charge in [0.2, 0.25) is 0 Å². The van der Waals surface area contributed by atoms with Crippen molar-refractivity contribution in [3.8, 4) is 0 Å². The quantitative estimate of drug-likeness (QED) is 0.0261. The van der Waals surface area contributed by atoms with Gasteiger partial charge in [0.25, 0.3) is 0 Å². The van der Waals surface area contributed by atoms with Crippen LogP contribution in [0.15, 0.2) is 97.2 Å². The fraction of sp³-hybridized carbons (Fsp3) is 0.725. The molecule has 1 atom stereocenters. The molecule has 0 saturated heterocycles. The van der Waals surface area contributed by atoms with Gasteiger partial charge in [-0.3, -0.25) is 14.4 Å². The van der Waals surface area contributed by atoms with Crippen LogP contribution in [0, 0.1) is 0 Å². The molecule has 0 aromatic heterocycles. The molecule has 0 aliphatic rings. The Labute approximate surface area is 464 Å².